The van der Waals surface area contributed by atoms with Crippen LogP contribution >= 0.6 is 19.3 Å². The molecule has 4 heteroatoms. The molecule has 0 saturated heterocycles. The average Bonchev–Trinajstić information content (AvgIpc) is 1.91. The van der Waals surface area contributed by atoms with E-state index in [9.17, 15) is 3.07 Å². The Kier molecular flexibility index (Phi) is 2.79. The van der Waals surface area contributed by atoms with Gasteiger partial charge in [0.05, 0.1) is 0 Å². The summed E-state index contributed by atoms with van der Waals surface area (Å²) in [4.78, 5) is 1.23. The van der Waals surface area contributed by atoms with Crippen LogP contribution < -0.4 is 3.07 Å². The van der Waals surface area contributed by atoms with Gasteiger partial charge in [-0.1, -0.05) is 0 Å². The predicted octanol–water partition coefficient (Wildman–Crippen LogP) is 2.21. The molecule has 0 aromatic heterocycles. The summed E-state index contributed by atoms with van der Waals surface area (Å²) in [7, 11) is 0. The second-order valence-corrected chi connectivity index (χ2v) is 6.88. The van der Waals surface area contributed by atoms with Crippen LogP contribution in [-0.4, -0.2) is 8.37 Å². The van der Waals surface area contributed by atoms with Gasteiger partial charge in [0.25, 0.3) is 0 Å². The number of halogens is 1. The summed E-state index contributed by atoms with van der Waals surface area (Å²) in [5.41, 5.74) is 1.10. The Balaban J connectivity index is 2.78. The summed E-state index contributed by atoms with van der Waals surface area (Å²) >= 11 is -4.05. The molecule has 1 atom stereocenters. The van der Waals surface area contributed by atoms with E-state index in [1.807, 2.05) is 19.1 Å². The van der Waals surface area contributed by atoms with Crippen molar-refractivity contribution in [2.45, 2.75) is 6.92 Å². The maximum atomic E-state index is 10.9. The fourth-order valence-electron chi connectivity index (χ4n) is 0.755. The van der Waals surface area contributed by atoms with Gasteiger partial charge in [0.15, 0.2) is 0 Å². The molecule has 68 valence electrons. The fraction of sp³-hybridized carbons (Fsp3) is 0.250. The molecule has 0 spiro atoms. The van der Waals surface area contributed by atoms with E-state index in [0.29, 0.717) is 5.75 Å². The molecule has 0 fully saturated rings. The third-order valence-electron chi connectivity index (χ3n) is 1.25. The first-order valence-corrected chi connectivity index (χ1v) is 8.27. The van der Waals surface area contributed by atoms with Crippen LogP contribution in [0.4, 0.5) is 0 Å². The molecule has 0 bridgehead atoms. The molecule has 0 heterocycles. The van der Waals surface area contributed by atoms with Crippen LogP contribution in [0.15, 0.2) is 24.3 Å². The Labute approximate surface area is 76.4 Å². The normalized spacial score (nSPS) is 17.9. The topological polar surface area (TPSA) is 46.5 Å². The Bertz CT molecular complexity index is 299. The van der Waals surface area contributed by atoms with E-state index < -0.39 is 19.3 Å². The van der Waals surface area contributed by atoms with Crippen molar-refractivity contribution in [2.75, 3.05) is 4.93 Å². The third-order valence-corrected chi connectivity index (χ3v) is 2.58. The summed E-state index contributed by atoms with van der Waals surface area (Å²) in [6.07, 6.45) is 0. The fourth-order valence-corrected chi connectivity index (χ4v) is 1.99. The molecule has 12 heavy (non-hydrogen) atoms. The van der Waals surface area contributed by atoms with Gasteiger partial charge in [-0.2, -0.15) is 0 Å². The van der Waals surface area contributed by atoms with Gasteiger partial charge in [0.2, 0.25) is 0 Å². The van der Waals surface area contributed by atoms with Crippen molar-refractivity contribution in [3.63, 3.8) is 0 Å². The second kappa shape index (κ2) is 3.49. The van der Waals surface area contributed by atoms with Crippen LogP contribution in [0.1, 0.15) is 5.56 Å². The van der Waals surface area contributed by atoms with Crippen molar-refractivity contribution in [3.05, 3.63) is 29.8 Å². The molecule has 0 radical (unpaired) electrons. The molecule has 0 aliphatic carbocycles. The standard InChI is InChI=1S/C8H11IO3/c1-7-3-5-8(6-4-7)12-9(2,10)11/h3-6H,1-2H3,(H,10,11). The van der Waals surface area contributed by atoms with Crippen molar-refractivity contribution in [3.8, 4) is 5.75 Å². The molecule has 1 aromatic rings. The molecule has 0 aliphatic rings. The zero-order valence-electron chi connectivity index (χ0n) is 6.95. The zero-order valence-corrected chi connectivity index (χ0v) is 9.11. The van der Waals surface area contributed by atoms with Gasteiger partial charge < -0.3 is 0 Å². The monoisotopic (exact) mass is 282 g/mol. The summed E-state index contributed by atoms with van der Waals surface area (Å²) in [5.74, 6) is 0.456. The molecule has 1 N–H and O–H groups in total. The van der Waals surface area contributed by atoms with Crippen LogP contribution in [0.5, 0.6) is 5.75 Å². The Morgan fingerprint density at radius 1 is 1.33 bits per heavy atom. The molecule has 0 saturated carbocycles. The number of benzene rings is 1. The first-order valence-electron chi connectivity index (χ1n) is 3.38. The van der Waals surface area contributed by atoms with E-state index in [-0.39, 0.29) is 0 Å². The minimum atomic E-state index is -4.05. The molecule has 1 unspecified atom stereocenters. The molecular weight excluding hydrogens is 271 g/mol. The van der Waals surface area contributed by atoms with E-state index in [1.54, 1.807) is 12.1 Å². The van der Waals surface area contributed by atoms with Gasteiger partial charge in [0, 0.05) is 0 Å². The molecular formula is C8H11IO3. The van der Waals surface area contributed by atoms with Gasteiger partial charge in [-0.3, -0.25) is 0 Å². The number of aryl methyl sites for hydroxylation is 1. The first-order chi connectivity index (χ1) is 5.47. The van der Waals surface area contributed by atoms with E-state index in [1.165, 1.54) is 4.93 Å². The van der Waals surface area contributed by atoms with Gasteiger partial charge in [-0.15, -0.1) is 0 Å². The quantitative estimate of drug-likeness (QED) is 0.668. The molecule has 0 aliphatic heterocycles. The molecule has 1 aromatic carbocycles. The Morgan fingerprint density at radius 2 is 1.83 bits per heavy atom. The molecule has 3 nitrogen and oxygen atoms in total. The van der Waals surface area contributed by atoms with E-state index in [4.69, 9.17) is 6.50 Å². The van der Waals surface area contributed by atoms with Gasteiger partial charge >= 0.3 is 76.3 Å². The summed E-state index contributed by atoms with van der Waals surface area (Å²) in [6, 6.07) is 7.04. The second-order valence-electron chi connectivity index (χ2n) is 2.57. The summed E-state index contributed by atoms with van der Waals surface area (Å²) in [5, 5.41) is 0. The van der Waals surface area contributed by atoms with Crippen molar-refractivity contribution >= 4 is 19.3 Å². The zero-order chi connectivity index (χ0) is 9.19. The van der Waals surface area contributed by atoms with E-state index >= 15 is 0 Å². The molecule has 0 amide bonds. The SMILES string of the molecule is Cc1ccc(OI(C)(=O)O)cc1. The van der Waals surface area contributed by atoms with Gasteiger partial charge in [-0.25, -0.2) is 0 Å². The van der Waals surface area contributed by atoms with Gasteiger partial charge in [-0.05, 0) is 0 Å². The maximum absolute atomic E-state index is 10.9. The minimum absolute atomic E-state index is 0.456. The van der Waals surface area contributed by atoms with Crippen LogP contribution in [0.25, 0.3) is 0 Å². The van der Waals surface area contributed by atoms with E-state index in [0.717, 1.165) is 5.56 Å². The van der Waals surface area contributed by atoms with Crippen molar-refractivity contribution in [2.24, 2.45) is 0 Å². The van der Waals surface area contributed by atoms with Crippen LogP contribution in [0.3, 0.4) is 0 Å². The van der Waals surface area contributed by atoms with Gasteiger partial charge in [0.1, 0.15) is 0 Å². The van der Waals surface area contributed by atoms with Crippen LogP contribution in [-0.2, 0) is 3.07 Å². The predicted molar refractivity (Wildman–Crippen MR) is 54.7 cm³/mol. The number of hydrogen-bond acceptors (Lipinski definition) is 2. The van der Waals surface area contributed by atoms with Crippen LogP contribution in [0.2, 0.25) is 0 Å². The third kappa shape index (κ3) is 3.27. The number of hydrogen-bond donors (Lipinski definition) is 1. The Morgan fingerprint density at radius 3 is 2.25 bits per heavy atom. The van der Waals surface area contributed by atoms with Crippen LogP contribution in [0, 0.1) is 6.92 Å². The van der Waals surface area contributed by atoms with E-state index in [2.05, 4.69) is 0 Å². The Hall–Kier alpha value is -0.490. The summed E-state index contributed by atoms with van der Waals surface area (Å²) < 4.78 is 24.7. The van der Waals surface area contributed by atoms with Crippen molar-refractivity contribution in [1.29, 1.82) is 0 Å². The number of rotatable bonds is 2. The summed E-state index contributed by atoms with van der Waals surface area (Å²) in [6.45, 7) is 1.94. The van der Waals surface area contributed by atoms with Crippen molar-refractivity contribution < 1.29 is 9.57 Å². The molecule has 1 rings (SSSR count). The van der Waals surface area contributed by atoms with Crippen molar-refractivity contribution in [1.82, 2.24) is 0 Å². The number of alkyl halides is 1. The first kappa shape index (κ1) is 9.60. The average molecular weight is 282 g/mol.